The molecule has 104 valence electrons. The second kappa shape index (κ2) is 5.34. The van der Waals surface area contributed by atoms with E-state index in [9.17, 15) is 0 Å². The van der Waals surface area contributed by atoms with Gasteiger partial charge in [-0.15, -0.1) is 6.42 Å². The van der Waals surface area contributed by atoms with E-state index in [0.717, 1.165) is 34.5 Å². The van der Waals surface area contributed by atoms with Gasteiger partial charge in [0.05, 0.1) is 17.6 Å². The molecule has 0 aliphatic carbocycles. The van der Waals surface area contributed by atoms with Gasteiger partial charge in [-0.1, -0.05) is 31.0 Å². The van der Waals surface area contributed by atoms with Crippen LogP contribution in [0.3, 0.4) is 0 Å². The van der Waals surface area contributed by atoms with Gasteiger partial charge < -0.3 is 10.3 Å². The normalized spacial score (nSPS) is 10.7. The first-order valence-corrected chi connectivity index (χ1v) is 7.01. The molecule has 0 saturated carbocycles. The van der Waals surface area contributed by atoms with E-state index in [0.29, 0.717) is 6.54 Å². The van der Waals surface area contributed by atoms with E-state index < -0.39 is 0 Å². The van der Waals surface area contributed by atoms with E-state index in [1.54, 1.807) is 0 Å². The Labute approximate surface area is 124 Å². The predicted octanol–water partition coefficient (Wildman–Crippen LogP) is 3.48. The van der Waals surface area contributed by atoms with E-state index in [4.69, 9.17) is 17.1 Å². The van der Waals surface area contributed by atoms with Gasteiger partial charge in [-0.25, -0.2) is 4.98 Å². The third-order valence-electron chi connectivity index (χ3n) is 3.62. The molecule has 0 radical (unpaired) electrons. The van der Waals surface area contributed by atoms with Crippen molar-refractivity contribution in [2.24, 2.45) is 0 Å². The molecule has 21 heavy (non-hydrogen) atoms. The van der Waals surface area contributed by atoms with Gasteiger partial charge in [-0.3, -0.25) is 0 Å². The van der Waals surface area contributed by atoms with Gasteiger partial charge in [0.25, 0.3) is 0 Å². The minimum Gasteiger partial charge on any atom is -0.399 e. The summed E-state index contributed by atoms with van der Waals surface area (Å²) in [5.41, 5.74) is 10.9. The number of hydrogen-bond acceptors (Lipinski definition) is 2. The van der Waals surface area contributed by atoms with E-state index in [1.807, 2.05) is 24.3 Å². The van der Waals surface area contributed by atoms with Crippen molar-refractivity contribution in [2.45, 2.75) is 19.9 Å². The van der Waals surface area contributed by atoms with Crippen molar-refractivity contribution in [3.05, 3.63) is 48.0 Å². The lowest BCUT2D eigenvalue weighted by molar-refractivity contribution is 0.882. The highest BCUT2D eigenvalue weighted by Gasteiger charge is 2.12. The number of anilines is 1. The first-order chi connectivity index (χ1) is 10.2. The van der Waals surface area contributed by atoms with Crippen molar-refractivity contribution in [3.63, 3.8) is 0 Å². The topological polar surface area (TPSA) is 43.8 Å². The summed E-state index contributed by atoms with van der Waals surface area (Å²) in [6.45, 7) is 2.63. The third-order valence-corrected chi connectivity index (χ3v) is 3.62. The molecule has 0 aliphatic rings. The minimum atomic E-state index is 0.492. The van der Waals surface area contributed by atoms with Gasteiger partial charge in [0.2, 0.25) is 0 Å². The molecule has 0 atom stereocenters. The standard InChI is InChI=1S/C18H17N3/c1-3-10-21-17-9-8-13(4-2)11-16(17)20-18(21)14-6-5-7-15(19)12-14/h1,5-9,11-12H,4,10,19H2,2H3. The summed E-state index contributed by atoms with van der Waals surface area (Å²) in [6.07, 6.45) is 6.51. The molecular weight excluding hydrogens is 258 g/mol. The molecule has 0 bridgehead atoms. The number of benzene rings is 2. The lowest BCUT2D eigenvalue weighted by atomic mass is 10.1. The number of rotatable bonds is 3. The Hall–Kier alpha value is -2.73. The van der Waals surface area contributed by atoms with Crippen LogP contribution in [-0.4, -0.2) is 9.55 Å². The van der Waals surface area contributed by atoms with Crippen LogP contribution in [0.15, 0.2) is 42.5 Å². The number of terminal acetylenes is 1. The number of nitrogen functional groups attached to an aromatic ring is 1. The minimum absolute atomic E-state index is 0.492. The molecule has 1 aromatic heterocycles. The smallest absolute Gasteiger partial charge is 0.142 e. The number of hydrogen-bond donors (Lipinski definition) is 1. The van der Waals surface area contributed by atoms with Crippen LogP contribution in [0.4, 0.5) is 5.69 Å². The SMILES string of the molecule is C#CCn1c(-c2cccc(N)c2)nc2cc(CC)ccc21. The van der Waals surface area contributed by atoms with E-state index >= 15 is 0 Å². The van der Waals surface area contributed by atoms with Gasteiger partial charge in [0, 0.05) is 11.3 Å². The van der Waals surface area contributed by atoms with Crippen molar-refractivity contribution in [1.82, 2.24) is 9.55 Å². The molecule has 0 fully saturated rings. The summed E-state index contributed by atoms with van der Waals surface area (Å²) in [6, 6.07) is 14.1. The summed E-state index contributed by atoms with van der Waals surface area (Å²) in [5, 5.41) is 0. The maximum atomic E-state index is 5.88. The molecule has 3 aromatic rings. The van der Waals surface area contributed by atoms with Crippen molar-refractivity contribution in [2.75, 3.05) is 5.73 Å². The Balaban J connectivity index is 2.26. The van der Waals surface area contributed by atoms with E-state index in [2.05, 4.69) is 35.6 Å². The van der Waals surface area contributed by atoms with Crippen molar-refractivity contribution >= 4 is 16.7 Å². The fourth-order valence-corrected chi connectivity index (χ4v) is 2.54. The quantitative estimate of drug-likeness (QED) is 0.587. The molecule has 0 unspecified atom stereocenters. The van der Waals surface area contributed by atoms with Crippen LogP contribution in [-0.2, 0) is 13.0 Å². The van der Waals surface area contributed by atoms with Crippen LogP contribution in [0, 0.1) is 12.3 Å². The lowest BCUT2D eigenvalue weighted by Gasteiger charge is -2.06. The van der Waals surface area contributed by atoms with Crippen LogP contribution < -0.4 is 5.73 Å². The predicted molar refractivity (Wildman–Crippen MR) is 87.8 cm³/mol. The number of nitrogens with zero attached hydrogens (tertiary/aromatic N) is 2. The van der Waals surface area contributed by atoms with Crippen LogP contribution in [0.5, 0.6) is 0 Å². The Morgan fingerprint density at radius 3 is 2.81 bits per heavy atom. The largest absolute Gasteiger partial charge is 0.399 e. The van der Waals surface area contributed by atoms with E-state index in [-0.39, 0.29) is 0 Å². The molecular formula is C18H17N3. The molecule has 1 heterocycles. The fourth-order valence-electron chi connectivity index (χ4n) is 2.54. The van der Waals surface area contributed by atoms with Crippen LogP contribution in [0.2, 0.25) is 0 Å². The molecule has 0 amide bonds. The van der Waals surface area contributed by atoms with Crippen molar-refractivity contribution in [3.8, 4) is 23.7 Å². The average molecular weight is 275 g/mol. The second-order valence-corrected chi connectivity index (χ2v) is 5.03. The fraction of sp³-hybridized carbons (Fsp3) is 0.167. The van der Waals surface area contributed by atoms with Crippen molar-refractivity contribution < 1.29 is 0 Å². The second-order valence-electron chi connectivity index (χ2n) is 5.03. The molecule has 0 aliphatic heterocycles. The van der Waals surface area contributed by atoms with Crippen LogP contribution in [0.1, 0.15) is 12.5 Å². The zero-order valence-electron chi connectivity index (χ0n) is 12.0. The average Bonchev–Trinajstić information content (AvgIpc) is 2.85. The van der Waals surface area contributed by atoms with Crippen LogP contribution in [0.25, 0.3) is 22.4 Å². The first kappa shape index (κ1) is 13.3. The monoisotopic (exact) mass is 275 g/mol. The molecule has 3 nitrogen and oxygen atoms in total. The lowest BCUT2D eigenvalue weighted by Crippen LogP contribution is -1.99. The van der Waals surface area contributed by atoms with Crippen molar-refractivity contribution in [1.29, 1.82) is 0 Å². The molecule has 0 saturated heterocycles. The summed E-state index contributed by atoms with van der Waals surface area (Å²) in [4.78, 5) is 4.76. The number of nitrogens with two attached hydrogens (primary N) is 1. The summed E-state index contributed by atoms with van der Waals surface area (Å²) in [5.74, 6) is 3.57. The van der Waals surface area contributed by atoms with Gasteiger partial charge in [0.1, 0.15) is 5.82 Å². The third kappa shape index (κ3) is 2.36. The van der Waals surface area contributed by atoms with Gasteiger partial charge in [0.15, 0.2) is 0 Å². The zero-order valence-corrected chi connectivity index (χ0v) is 12.0. The summed E-state index contributed by atoms with van der Waals surface area (Å²) < 4.78 is 2.06. The Morgan fingerprint density at radius 1 is 1.24 bits per heavy atom. The Morgan fingerprint density at radius 2 is 2.10 bits per heavy atom. The van der Waals surface area contributed by atoms with Gasteiger partial charge in [-0.05, 0) is 36.2 Å². The maximum Gasteiger partial charge on any atom is 0.142 e. The maximum absolute atomic E-state index is 5.88. The summed E-state index contributed by atoms with van der Waals surface area (Å²) in [7, 11) is 0. The molecule has 3 heteroatoms. The molecule has 2 aromatic carbocycles. The summed E-state index contributed by atoms with van der Waals surface area (Å²) >= 11 is 0. The number of aromatic nitrogens is 2. The van der Waals surface area contributed by atoms with Crippen LogP contribution >= 0.6 is 0 Å². The first-order valence-electron chi connectivity index (χ1n) is 7.01. The van der Waals surface area contributed by atoms with Gasteiger partial charge in [-0.2, -0.15) is 0 Å². The number of fused-ring (bicyclic) bond motifs is 1. The highest BCUT2D eigenvalue weighted by Crippen LogP contribution is 2.26. The zero-order chi connectivity index (χ0) is 14.8. The molecule has 2 N–H and O–H groups in total. The molecule has 3 rings (SSSR count). The molecule has 0 spiro atoms. The highest BCUT2D eigenvalue weighted by molar-refractivity contribution is 5.82. The number of imidazole rings is 1. The highest BCUT2D eigenvalue weighted by atomic mass is 15.1. The van der Waals surface area contributed by atoms with E-state index in [1.165, 1.54) is 5.56 Å². The number of aryl methyl sites for hydroxylation is 1. The Kier molecular flexibility index (Phi) is 3.37. The Bertz CT molecular complexity index is 837. The van der Waals surface area contributed by atoms with Gasteiger partial charge >= 0.3 is 0 Å².